The molecule has 0 bridgehead atoms. The summed E-state index contributed by atoms with van der Waals surface area (Å²) in [7, 11) is 0. The molecule has 2 rings (SSSR count). The summed E-state index contributed by atoms with van der Waals surface area (Å²) in [5.74, 6) is 1.30. The molecule has 1 aromatic rings. The molecule has 0 saturated carbocycles. The summed E-state index contributed by atoms with van der Waals surface area (Å²) in [6.45, 7) is 0.448. The molecule has 19 heavy (non-hydrogen) atoms. The van der Waals surface area contributed by atoms with Gasteiger partial charge in [0.05, 0.1) is 10.0 Å². The Bertz CT molecular complexity index is 427. The molecule has 6 heteroatoms. The van der Waals surface area contributed by atoms with Crippen LogP contribution in [0.3, 0.4) is 0 Å². The maximum atomic E-state index is 11.6. The molecule has 1 aromatic carbocycles. The van der Waals surface area contributed by atoms with Gasteiger partial charge in [0.15, 0.2) is 5.75 Å². The first kappa shape index (κ1) is 14.8. The van der Waals surface area contributed by atoms with E-state index in [9.17, 15) is 4.79 Å². The maximum Gasteiger partial charge on any atom is 0.319 e. The van der Waals surface area contributed by atoms with Gasteiger partial charge in [0.2, 0.25) is 0 Å². The molecule has 3 nitrogen and oxygen atoms in total. The predicted molar refractivity (Wildman–Crippen MR) is 78.4 cm³/mol. The van der Waals surface area contributed by atoms with Gasteiger partial charge in [-0.05, 0) is 30.7 Å². The summed E-state index contributed by atoms with van der Waals surface area (Å²) in [6.07, 6.45) is 1.98. The number of carbonyl (C=O) groups is 1. The predicted octanol–water partition coefficient (Wildman–Crippen LogP) is 3.81. The van der Waals surface area contributed by atoms with Gasteiger partial charge in [-0.15, -0.1) is 11.8 Å². The first-order valence-corrected chi connectivity index (χ1v) is 7.84. The summed E-state index contributed by atoms with van der Waals surface area (Å²) in [5.41, 5.74) is 0. The lowest BCUT2D eigenvalue weighted by Crippen LogP contribution is -2.20. The van der Waals surface area contributed by atoms with Gasteiger partial charge in [0.1, 0.15) is 18.5 Å². The van der Waals surface area contributed by atoms with Crippen LogP contribution in [0, 0.1) is 0 Å². The van der Waals surface area contributed by atoms with Gasteiger partial charge in [0.25, 0.3) is 0 Å². The maximum absolute atomic E-state index is 11.6. The van der Waals surface area contributed by atoms with Gasteiger partial charge < -0.3 is 9.47 Å². The van der Waals surface area contributed by atoms with E-state index in [0.29, 0.717) is 15.8 Å². The summed E-state index contributed by atoms with van der Waals surface area (Å²) < 4.78 is 10.6. The molecule has 1 atom stereocenters. The van der Waals surface area contributed by atoms with Crippen molar-refractivity contribution in [1.82, 2.24) is 0 Å². The normalized spacial score (nSPS) is 18.3. The minimum Gasteiger partial charge on any atom is -0.487 e. The number of benzene rings is 1. The number of para-hydroxylation sites is 1. The van der Waals surface area contributed by atoms with E-state index in [1.807, 2.05) is 0 Å². The van der Waals surface area contributed by atoms with E-state index in [1.54, 1.807) is 30.0 Å². The number of rotatable bonds is 5. The Kier molecular flexibility index (Phi) is 5.67. The van der Waals surface area contributed by atoms with E-state index in [1.165, 1.54) is 0 Å². The molecule has 1 unspecified atom stereocenters. The highest BCUT2D eigenvalue weighted by atomic mass is 35.5. The quantitative estimate of drug-likeness (QED) is 0.610. The first-order valence-electron chi connectivity index (χ1n) is 6.03. The van der Waals surface area contributed by atoms with Crippen LogP contribution in [0.1, 0.15) is 12.8 Å². The minimum absolute atomic E-state index is 0.0103. The molecule has 0 spiro atoms. The Morgan fingerprint density at radius 1 is 1.32 bits per heavy atom. The molecule has 1 heterocycles. The second-order valence-electron chi connectivity index (χ2n) is 4.07. The third-order valence-electron chi connectivity index (χ3n) is 2.69. The standard InChI is InChI=1S/C13H14Cl2O3S/c14-9-3-1-4-10(15)12(9)17-6-7-18-13(16)11-5-2-8-19-11/h1,3-4,11H,2,5-8H2. The van der Waals surface area contributed by atoms with Crippen molar-refractivity contribution in [3.8, 4) is 5.75 Å². The highest BCUT2D eigenvalue weighted by Gasteiger charge is 2.24. The molecule has 1 aliphatic rings. The zero-order chi connectivity index (χ0) is 13.7. The smallest absolute Gasteiger partial charge is 0.319 e. The Morgan fingerprint density at radius 2 is 2.05 bits per heavy atom. The fourth-order valence-electron chi connectivity index (χ4n) is 1.76. The van der Waals surface area contributed by atoms with Crippen LogP contribution in [0.15, 0.2) is 18.2 Å². The lowest BCUT2D eigenvalue weighted by Gasteiger charge is -2.11. The largest absolute Gasteiger partial charge is 0.487 e. The molecule has 0 aromatic heterocycles. The van der Waals surface area contributed by atoms with Crippen molar-refractivity contribution < 1.29 is 14.3 Å². The molecule has 1 fully saturated rings. The van der Waals surface area contributed by atoms with Crippen molar-refractivity contribution in [2.45, 2.75) is 18.1 Å². The van der Waals surface area contributed by atoms with Gasteiger partial charge in [-0.3, -0.25) is 4.79 Å². The second-order valence-corrected chi connectivity index (χ2v) is 6.19. The van der Waals surface area contributed by atoms with Crippen LogP contribution in [-0.2, 0) is 9.53 Å². The van der Waals surface area contributed by atoms with Gasteiger partial charge in [0, 0.05) is 0 Å². The van der Waals surface area contributed by atoms with Crippen LogP contribution in [-0.4, -0.2) is 30.2 Å². The van der Waals surface area contributed by atoms with Crippen LogP contribution in [0.2, 0.25) is 10.0 Å². The molecule has 0 aliphatic carbocycles. The van der Waals surface area contributed by atoms with Crippen molar-refractivity contribution in [1.29, 1.82) is 0 Å². The molecule has 0 radical (unpaired) electrons. The number of ether oxygens (including phenoxy) is 2. The summed E-state index contributed by atoms with van der Waals surface area (Å²) in [6, 6.07) is 5.14. The summed E-state index contributed by atoms with van der Waals surface area (Å²) in [5, 5.41) is 0.888. The SMILES string of the molecule is O=C(OCCOc1c(Cl)cccc1Cl)C1CCCS1. The van der Waals surface area contributed by atoms with Gasteiger partial charge >= 0.3 is 5.97 Å². The van der Waals surface area contributed by atoms with Crippen molar-refractivity contribution in [2.75, 3.05) is 19.0 Å². The Morgan fingerprint density at radius 3 is 2.68 bits per heavy atom. The highest BCUT2D eigenvalue weighted by molar-refractivity contribution is 8.00. The monoisotopic (exact) mass is 320 g/mol. The van der Waals surface area contributed by atoms with E-state index in [2.05, 4.69) is 0 Å². The Balaban J connectivity index is 1.73. The van der Waals surface area contributed by atoms with E-state index >= 15 is 0 Å². The lowest BCUT2D eigenvalue weighted by atomic mass is 10.2. The summed E-state index contributed by atoms with van der Waals surface area (Å²) in [4.78, 5) is 11.6. The van der Waals surface area contributed by atoms with Crippen LogP contribution < -0.4 is 4.74 Å². The zero-order valence-corrected chi connectivity index (χ0v) is 12.6. The number of hydrogen-bond acceptors (Lipinski definition) is 4. The average Bonchev–Trinajstić information content (AvgIpc) is 2.91. The highest BCUT2D eigenvalue weighted by Crippen LogP contribution is 2.32. The number of halogens is 2. The molecule has 1 saturated heterocycles. The average molecular weight is 321 g/mol. The van der Waals surface area contributed by atoms with E-state index < -0.39 is 0 Å². The van der Waals surface area contributed by atoms with Gasteiger partial charge in [-0.25, -0.2) is 0 Å². The Labute approximate surface area is 126 Å². The van der Waals surface area contributed by atoms with Crippen LogP contribution in [0.5, 0.6) is 5.75 Å². The molecular weight excluding hydrogens is 307 g/mol. The van der Waals surface area contributed by atoms with Crippen LogP contribution in [0.25, 0.3) is 0 Å². The topological polar surface area (TPSA) is 35.5 Å². The third-order valence-corrected chi connectivity index (χ3v) is 4.64. The van der Waals surface area contributed by atoms with E-state index in [0.717, 1.165) is 18.6 Å². The second kappa shape index (κ2) is 7.27. The third kappa shape index (κ3) is 4.20. The molecule has 104 valence electrons. The molecule has 0 N–H and O–H groups in total. The van der Waals surface area contributed by atoms with E-state index in [4.69, 9.17) is 32.7 Å². The van der Waals surface area contributed by atoms with Crippen molar-refractivity contribution in [3.05, 3.63) is 28.2 Å². The number of hydrogen-bond donors (Lipinski definition) is 0. The Hall–Kier alpha value is -0.580. The molecule has 0 amide bonds. The van der Waals surface area contributed by atoms with Crippen molar-refractivity contribution in [3.63, 3.8) is 0 Å². The fraction of sp³-hybridized carbons (Fsp3) is 0.462. The fourth-order valence-corrected chi connectivity index (χ4v) is 3.42. The zero-order valence-electron chi connectivity index (χ0n) is 10.2. The summed E-state index contributed by atoms with van der Waals surface area (Å²) >= 11 is 13.6. The minimum atomic E-state index is -0.156. The van der Waals surface area contributed by atoms with Gasteiger partial charge in [-0.2, -0.15) is 0 Å². The first-order chi connectivity index (χ1) is 9.18. The van der Waals surface area contributed by atoms with Crippen molar-refractivity contribution in [2.24, 2.45) is 0 Å². The number of esters is 1. The molecular formula is C13H14Cl2O3S. The molecule has 1 aliphatic heterocycles. The lowest BCUT2D eigenvalue weighted by molar-refractivity contribution is -0.143. The van der Waals surface area contributed by atoms with E-state index in [-0.39, 0.29) is 24.4 Å². The number of carbonyl (C=O) groups excluding carboxylic acids is 1. The number of thioether (sulfide) groups is 1. The van der Waals surface area contributed by atoms with Gasteiger partial charge in [-0.1, -0.05) is 29.3 Å². The van der Waals surface area contributed by atoms with Crippen LogP contribution in [0.4, 0.5) is 0 Å². The van der Waals surface area contributed by atoms with Crippen LogP contribution >= 0.6 is 35.0 Å². The van der Waals surface area contributed by atoms with Crippen molar-refractivity contribution >= 4 is 40.9 Å².